The first-order chi connectivity index (χ1) is 8.59. The lowest BCUT2D eigenvalue weighted by Crippen LogP contribution is -2.33. The molecule has 1 aliphatic rings. The number of hydrogen-bond donors (Lipinski definition) is 1. The third-order valence-electron chi connectivity index (χ3n) is 2.93. The highest BCUT2D eigenvalue weighted by atomic mass is 19.2. The largest absolute Gasteiger partial charge is 0.487 e. The molecule has 100 valence electrons. The van der Waals surface area contributed by atoms with Crippen LogP contribution in [-0.2, 0) is 0 Å². The molecule has 1 fully saturated rings. The van der Waals surface area contributed by atoms with Gasteiger partial charge in [-0.15, -0.1) is 0 Å². The van der Waals surface area contributed by atoms with Crippen LogP contribution in [0.15, 0.2) is 6.07 Å². The lowest BCUT2D eigenvalue weighted by molar-refractivity contribution is 0.199. The summed E-state index contributed by atoms with van der Waals surface area (Å²) in [6.45, 7) is 1.60. The maximum atomic E-state index is 13.3. The molecule has 1 heterocycles. The number of piperidine rings is 1. The number of benzene rings is 1. The number of ether oxygens (including phenoxy) is 1. The zero-order valence-electron chi connectivity index (χ0n) is 9.61. The summed E-state index contributed by atoms with van der Waals surface area (Å²) in [5, 5.41) is 3.11. The van der Waals surface area contributed by atoms with Crippen LogP contribution < -0.4 is 10.1 Å². The molecule has 1 aromatic carbocycles. The topological polar surface area (TPSA) is 21.3 Å². The molecule has 0 saturated carbocycles. The van der Waals surface area contributed by atoms with Crippen LogP contribution in [0, 0.1) is 29.2 Å². The van der Waals surface area contributed by atoms with E-state index in [1.165, 1.54) is 0 Å². The average molecular weight is 263 g/mol. The second-order valence-electron chi connectivity index (χ2n) is 4.32. The highest BCUT2D eigenvalue weighted by Gasteiger charge is 2.22. The van der Waals surface area contributed by atoms with Gasteiger partial charge in [0.1, 0.15) is 0 Å². The molecule has 1 aromatic rings. The number of halogens is 4. The molecule has 2 nitrogen and oxygen atoms in total. The number of nitrogens with one attached hydrogen (secondary N) is 1. The molecular weight excluding hydrogens is 250 g/mol. The first-order valence-electron chi connectivity index (χ1n) is 5.76. The van der Waals surface area contributed by atoms with E-state index in [-0.39, 0.29) is 18.6 Å². The Hall–Kier alpha value is -1.30. The van der Waals surface area contributed by atoms with Crippen molar-refractivity contribution in [3.05, 3.63) is 29.3 Å². The maximum absolute atomic E-state index is 13.3. The first-order valence-corrected chi connectivity index (χ1v) is 5.76. The molecule has 0 aromatic heterocycles. The van der Waals surface area contributed by atoms with E-state index in [1.54, 1.807) is 0 Å². The molecule has 1 N–H and O–H groups in total. The van der Waals surface area contributed by atoms with Crippen molar-refractivity contribution in [3.63, 3.8) is 0 Å². The summed E-state index contributed by atoms with van der Waals surface area (Å²) >= 11 is 0. The minimum Gasteiger partial charge on any atom is -0.487 e. The standard InChI is InChI=1S/C12H13F4NO/c13-8-4-9(14)11(16)12(10(8)15)18-6-7-2-1-3-17-5-7/h4,7,17H,1-3,5-6H2. The van der Waals surface area contributed by atoms with Gasteiger partial charge in [-0.25, -0.2) is 8.78 Å². The molecule has 0 radical (unpaired) electrons. The highest BCUT2D eigenvalue weighted by molar-refractivity contribution is 5.28. The molecule has 1 aliphatic heterocycles. The molecule has 18 heavy (non-hydrogen) atoms. The molecule has 6 heteroatoms. The molecule has 0 amide bonds. The summed E-state index contributed by atoms with van der Waals surface area (Å²) in [6.07, 6.45) is 1.80. The van der Waals surface area contributed by atoms with E-state index >= 15 is 0 Å². The summed E-state index contributed by atoms with van der Waals surface area (Å²) in [7, 11) is 0. The number of hydrogen-bond acceptors (Lipinski definition) is 2. The van der Waals surface area contributed by atoms with Gasteiger partial charge in [-0.3, -0.25) is 0 Å². The minimum absolute atomic E-state index is 0.0315. The third kappa shape index (κ3) is 2.75. The van der Waals surface area contributed by atoms with Gasteiger partial charge in [-0.1, -0.05) is 0 Å². The van der Waals surface area contributed by atoms with Gasteiger partial charge >= 0.3 is 0 Å². The zero-order chi connectivity index (χ0) is 13.1. The van der Waals surface area contributed by atoms with Crippen LogP contribution in [0.5, 0.6) is 5.75 Å². The van der Waals surface area contributed by atoms with Crippen molar-refractivity contribution in [1.29, 1.82) is 0 Å². The van der Waals surface area contributed by atoms with Gasteiger partial charge in [-0.05, 0) is 19.4 Å². The van der Waals surface area contributed by atoms with Crippen LogP contribution in [0.25, 0.3) is 0 Å². The molecule has 2 rings (SSSR count). The minimum atomic E-state index is -1.49. The Labute approximate surface area is 102 Å². The Morgan fingerprint density at radius 2 is 1.83 bits per heavy atom. The van der Waals surface area contributed by atoms with Crippen LogP contribution >= 0.6 is 0 Å². The maximum Gasteiger partial charge on any atom is 0.203 e. The fourth-order valence-electron chi connectivity index (χ4n) is 1.95. The summed E-state index contributed by atoms with van der Waals surface area (Å²) in [6, 6.07) is 0.166. The van der Waals surface area contributed by atoms with Crippen LogP contribution in [0.4, 0.5) is 17.6 Å². The van der Waals surface area contributed by atoms with Gasteiger partial charge in [-0.2, -0.15) is 8.78 Å². The van der Waals surface area contributed by atoms with E-state index in [2.05, 4.69) is 5.32 Å². The molecule has 0 aliphatic carbocycles. The van der Waals surface area contributed by atoms with Gasteiger partial charge in [0.15, 0.2) is 17.4 Å². The fraction of sp³-hybridized carbons (Fsp3) is 0.500. The first kappa shape index (κ1) is 13.1. The lowest BCUT2D eigenvalue weighted by Gasteiger charge is -2.23. The van der Waals surface area contributed by atoms with Crippen molar-refractivity contribution in [2.24, 2.45) is 5.92 Å². The Bertz CT molecular complexity index is 406. The number of rotatable bonds is 3. The Morgan fingerprint density at radius 1 is 1.17 bits per heavy atom. The fourth-order valence-corrected chi connectivity index (χ4v) is 1.95. The van der Waals surface area contributed by atoms with E-state index in [0.717, 1.165) is 19.4 Å². The van der Waals surface area contributed by atoms with Crippen LogP contribution in [-0.4, -0.2) is 19.7 Å². The van der Waals surface area contributed by atoms with Crippen molar-refractivity contribution in [2.75, 3.05) is 19.7 Å². The van der Waals surface area contributed by atoms with Crippen LogP contribution in [0.1, 0.15) is 12.8 Å². The van der Waals surface area contributed by atoms with Crippen molar-refractivity contribution >= 4 is 0 Å². The van der Waals surface area contributed by atoms with Gasteiger partial charge in [0.25, 0.3) is 0 Å². The summed E-state index contributed by atoms with van der Waals surface area (Å²) in [5.41, 5.74) is 0. The summed E-state index contributed by atoms with van der Waals surface area (Å²) < 4.78 is 57.3. The van der Waals surface area contributed by atoms with Crippen molar-refractivity contribution in [1.82, 2.24) is 5.32 Å². The van der Waals surface area contributed by atoms with E-state index in [1.807, 2.05) is 0 Å². The average Bonchev–Trinajstić information content (AvgIpc) is 2.38. The predicted molar refractivity (Wildman–Crippen MR) is 57.4 cm³/mol. The van der Waals surface area contributed by atoms with Crippen LogP contribution in [0.2, 0.25) is 0 Å². The second kappa shape index (κ2) is 5.56. The normalized spacial score (nSPS) is 19.9. The SMILES string of the molecule is Fc1cc(F)c(F)c(OCC2CCCNC2)c1F. The van der Waals surface area contributed by atoms with E-state index in [9.17, 15) is 17.6 Å². The molecule has 0 spiro atoms. The molecule has 1 atom stereocenters. The van der Waals surface area contributed by atoms with E-state index < -0.39 is 29.0 Å². The van der Waals surface area contributed by atoms with Gasteiger partial charge in [0, 0.05) is 18.5 Å². The monoisotopic (exact) mass is 263 g/mol. The molecule has 1 saturated heterocycles. The molecular formula is C12H13F4NO. The Kier molecular flexibility index (Phi) is 4.06. The second-order valence-corrected chi connectivity index (χ2v) is 4.32. The molecule has 0 bridgehead atoms. The van der Waals surface area contributed by atoms with Crippen molar-refractivity contribution in [3.8, 4) is 5.75 Å². The summed E-state index contributed by atoms with van der Waals surface area (Å²) in [5.74, 6) is -6.77. The Balaban J connectivity index is 2.08. The summed E-state index contributed by atoms with van der Waals surface area (Å²) in [4.78, 5) is 0. The lowest BCUT2D eigenvalue weighted by atomic mass is 10.0. The van der Waals surface area contributed by atoms with Gasteiger partial charge in [0.2, 0.25) is 11.6 Å². The Morgan fingerprint density at radius 3 is 2.39 bits per heavy atom. The zero-order valence-corrected chi connectivity index (χ0v) is 9.61. The van der Waals surface area contributed by atoms with Crippen molar-refractivity contribution < 1.29 is 22.3 Å². The third-order valence-corrected chi connectivity index (χ3v) is 2.93. The van der Waals surface area contributed by atoms with E-state index in [4.69, 9.17) is 4.74 Å². The van der Waals surface area contributed by atoms with Gasteiger partial charge < -0.3 is 10.1 Å². The van der Waals surface area contributed by atoms with Crippen molar-refractivity contribution in [2.45, 2.75) is 12.8 Å². The highest BCUT2D eigenvalue weighted by Crippen LogP contribution is 2.27. The smallest absolute Gasteiger partial charge is 0.203 e. The van der Waals surface area contributed by atoms with Crippen LogP contribution in [0.3, 0.4) is 0 Å². The van der Waals surface area contributed by atoms with Gasteiger partial charge in [0.05, 0.1) is 6.61 Å². The van der Waals surface area contributed by atoms with E-state index in [0.29, 0.717) is 6.54 Å². The quantitative estimate of drug-likeness (QED) is 0.668. The predicted octanol–water partition coefficient (Wildman–Crippen LogP) is 2.62. The molecule has 1 unspecified atom stereocenters.